The Morgan fingerprint density at radius 2 is 1.90 bits per heavy atom. The number of hydrogen-bond acceptors (Lipinski definition) is 5. The predicted molar refractivity (Wildman–Crippen MR) is 116 cm³/mol. The monoisotopic (exact) mass is 421 g/mol. The van der Waals surface area contributed by atoms with Crippen molar-refractivity contribution in [3.63, 3.8) is 0 Å². The zero-order valence-electron chi connectivity index (χ0n) is 15.6. The molecular formula is C22H16FN3OS2. The molecule has 0 N–H and O–H groups in total. The summed E-state index contributed by atoms with van der Waals surface area (Å²) >= 11 is 2.85. The van der Waals surface area contributed by atoms with E-state index in [-0.39, 0.29) is 11.4 Å². The van der Waals surface area contributed by atoms with E-state index in [1.54, 1.807) is 16.7 Å². The van der Waals surface area contributed by atoms with Crippen molar-refractivity contribution in [2.24, 2.45) is 0 Å². The summed E-state index contributed by atoms with van der Waals surface area (Å²) in [5.41, 5.74) is 2.14. The molecule has 2 heterocycles. The van der Waals surface area contributed by atoms with Crippen LogP contribution in [0.25, 0.3) is 27.0 Å². The number of nitrogens with zero attached hydrogens (tertiary/aromatic N) is 3. The van der Waals surface area contributed by atoms with Crippen LogP contribution < -0.4 is 5.56 Å². The maximum Gasteiger partial charge on any atom is 0.268 e. The van der Waals surface area contributed by atoms with Gasteiger partial charge in [-0.3, -0.25) is 9.36 Å². The molecule has 0 aliphatic heterocycles. The third kappa shape index (κ3) is 3.69. The van der Waals surface area contributed by atoms with Crippen LogP contribution in [0.1, 0.15) is 11.3 Å². The van der Waals surface area contributed by atoms with E-state index in [1.165, 1.54) is 35.2 Å². The van der Waals surface area contributed by atoms with Gasteiger partial charge in [-0.1, -0.05) is 42.1 Å². The first-order chi connectivity index (χ1) is 14.1. The molecule has 144 valence electrons. The Hall–Kier alpha value is -2.95. The summed E-state index contributed by atoms with van der Waals surface area (Å²) in [5, 5.41) is 9.97. The van der Waals surface area contributed by atoms with Crippen LogP contribution in [-0.4, -0.2) is 15.3 Å². The number of fused-ring (bicyclic) bond motifs is 1. The molecule has 0 fully saturated rings. The summed E-state index contributed by atoms with van der Waals surface area (Å²) in [4.78, 5) is 20.0. The maximum atomic E-state index is 13.6. The number of benzene rings is 2. The fourth-order valence-corrected chi connectivity index (χ4v) is 5.14. The van der Waals surface area contributed by atoms with E-state index in [9.17, 15) is 9.18 Å². The molecule has 0 radical (unpaired) electrons. The lowest BCUT2D eigenvalue weighted by atomic mass is 10.0. The number of nitriles is 1. The second kappa shape index (κ2) is 8.19. The van der Waals surface area contributed by atoms with Crippen molar-refractivity contribution in [2.45, 2.75) is 18.5 Å². The molecule has 4 aromatic rings. The molecule has 0 spiro atoms. The van der Waals surface area contributed by atoms with Crippen molar-refractivity contribution in [2.75, 3.05) is 5.75 Å². The highest BCUT2D eigenvalue weighted by Crippen LogP contribution is 2.37. The standard InChI is InChI=1S/C22H16FN3OS2/c1-14-18(15-8-10-16(23)11-9-15)19-20(29-14)25-22(28-13-5-12-24)26(21(19)27)17-6-3-2-4-7-17/h2-4,6-11H,5,13H2,1H3. The maximum absolute atomic E-state index is 13.6. The Labute approximate surface area is 175 Å². The molecule has 2 aromatic heterocycles. The summed E-state index contributed by atoms with van der Waals surface area (Å²) in [6.07, 6.45) is 0.373. The number of halogens is 1. The Kier molecular flexibility index (Phi) is 5.47. The van der Waals surface area contributed by atoms with E-state index in [2.05, 4.69) is 6.07 Å². The van der Waals surface area contributed by atoms with Crippen LogP contribution in [0, 0.1) is 24.1 Å². The van der Waals surface area contributed by atoms with Crippen LogP contribution in [-0.2, 0) is 0 Å². The second-order valence-corrected chi connectivity index (χ2v) is 8.61. The van der Waals surface area contributed by atoms with Crippen LogP contribution in [0.4, 0.5) is 4.39 Å². The molecule has 0 atom stereocenters. The highest BCUT2D eigenvalue weighted by atomic mass is 32.2. The lowest BCUT2D eigenvalue weighted by molar-refractivity contribution is 0.628. The number of thiophene rings is 1. The molecule has 0 saturated heterocycles. The van der Waals surface area contributed by atoms with E-state index >= 15 is 0 Å². The molecule has 0 aliphatic carbocycles. The Morgan fingerprint density at radius 1 is 1.17 bits per heavy atom. The van der Waals surface area contributed by atoms with Crippen LogP contribution >= 0.6 is 23.1 Å². The average molecular weight is 422 g/mol. The molecule has 4 rings (SSSR count). The first-order valence-corrected chi connectivity index (χ1v) is 10.8. The lowest BCUT2D eigenvalue weighted by Crippen LogP contribution is -2.21. The van der Waals surface area contributed by atoms with E-state index in [0.717, 1.165) is 21.7 Å². The minimum Gasteiger partial charge on any atom is -0.268 e. The summed E-state index contributed by atoms with van der Waals surface area (Å²) in [6.45, 7) is 1.94. The van der Waals surface area contributed by atoms with E-state index < -0.39 is 0 Å². The largest absolute Gasteiger partial charge is 0.268 e. The van der Waals surface area contributed by atoms with Gasteiger partial charge in [0.15, 0.2) is 5.16 Å². The lowest BCUT2D eigenvalue weighted by Gasteiger charge is -2.12. The van der Waals surface area contributed by atoms with Crippen LogP contribution in [0.2, 0.25) is 0 Å². The highest BCUT2D eigenvalue weighted by Gasteiger charge is 2.20. The van der Waals surface area contributed by atoms with Crippen molar-refractivity contribution in [1.29, 1.82) is 5.26 Å². The van der Waals surface area contributed by atoms with Crippen molar-refractivity contribution in [3.05, 3.63) is 75.6 Å². The second-order valence-electron chi connectivity index (χ2n) is 6.35. The summed E-state index contributed by atoms with van der Waals surface area (Å²) < 4.78 is 15.0. The molecule has 0 amide bonds. The van der Waals surface area contributed by atoms with Gasteiger partial charge in [0.05, 0.1) is 17.1 Å². The topological polar surface area (TPSA) is 58.7 Å². The Bertz CT molecular complexity index is 1270. The van der Waals surface area contributed by atoms with Gasteiger partial charge in [-0.15, -0.1) is 11.3 Å². The highest BCUT2D eigenvalue weighted by molar-refractivity contribution is 7.99. The van der Waals surface area contributed by atoms with Gasteiger partial charge in [0.1, 0.15) is 10.6 Å². The smallest absolute Gasteiger partial charge is 0.268 e. The van der Waals surface area contributed by atoms with Gasteiger partial charge >= 0.3 is 0 Å². The first-order valence-electron chi connectivity index (χ1n) is 8.97. The molecular weight excluding hydrogens is 405 g/mol. The quantitative estimate of drug-likeness (QED) is 0.240. The van der Waals surface area contributed by atoms with E-state index in [1.807, 2.05) is 37.3 Å². The molecule has 2 aromatic carbocycles. The number of aromatic nitrogens is 2. The van der Waals surface area contributed by atoms with Crippen molar-refractivity contribution >= 4 is 33.3 Å². The number of hydrogen-bond donors (Lipinski definition) is 0. The molecule has 4 nitrogen and oxygen atoms in total. The number of thioether (sulfide) groups is 1. The first kappa shape index (κ1) is 19.4. The van der Waals surface area contributed by atoms with Gasteiger partial charge in [-0.2, -0.15) is 5.26 Å². The van der Waals surface area contributed by atoms with Gasteiger partial charge in [0.25, 0.3) is 5.56 Å². The molecule has 0 saturated carbocycles. The predicted octanol–water partition coefficient (Wildman–Crippen LogP) is 5.57. The SMILES string of the molecule is Cc1sc2nc(SCCC#N)n(-c3ccccc3)c(=O)c2c1-c1ccc(F)cc1. The molecule has 0 unspecified atom stereocenters. The van der Waals surface area contributed by atoms with Crippen LogP contribution in [0.3, 0.4) is 0 Å². The van der Waals surface area contributed by atoms with Crippen LogP contribution in [0.15, 0.2) is 64.5 Å². The van der Waals surface area contributed by atoms with Crippen molar-refractivity contribution in [3.8, 4) is 22.9 Å². The summed E-state index contributed by atoms with van der Waals surface area (Å²) in [6, 6.07) is 17.6. The van der Waals surface area contributed by atoms with Crippen molar-refractivity contribution < 1.29 is 4.39 Å². The number of aryl methyl sites for hydroxylation is 1. The van der Waals surface area contributed by atoms with Gasteiger partial charge in [0, 0.05) is 22.6 Å². The third-order valence-corrected chi connectivity index (χ3v) is 6.40. The minimum atomic E-state index is -0.318. The van der Waals surface area contributed by atoms with E-state index in [0.29, 0.717) is 27.5 Å². The summed E-state index contributed by atoms with van der Waals surface area (Å²) in [5.74, 6) is 0.234. The normalized spacial score (nSPS) is 10.9. The molecule has 0 aliphatic rings. The fraction of sp³-hybridized carbons (Fsp3) is 0.136. The van der Waals surface area contributed by atoms with E-state index in [4.69, 9.17) is 10.2 Å². The number of rotatable bonds is 5. The van der Waals surface area contributed by atoms with Gasteiger partial charge in [-0.25, -0.2) is 9.37 Å². The summed E-state index contributed by atoms with van der Waals surface area (Å²) in [7, 11) is 0. The number of para-hydroxylation sites is 1. The third-order valence-electron chi connectivity index (χ3n) is 4.46. The zero-order chi connectivity index (χ0) is 20.4. The Balaban J connectivity index is 2.00. The van der Waals surface area contributed by atoms with Crippen molar-refractivity contribution in [1.82, 2.24) is 9.55 Å². The molecule has 29 heavy (non-hydrogen) atoms. The molecule has 0 bridgehead atoms. The Morgan fingerprint density at radius 3 is 2.59 bits per heavy atom. The minimum absolute atomic E-state index is 0.163. The zero-order valence-corrected chi connectivity index (χ0v) is 17.2. The van der Waals surface area contributed by atoms with Gasteiger partial charge in [-0.05, 0) is 36.8 Å². The van der Waals surface area contributed by atoms with Gasteiger partial charge in [0.2, 0.25) is 0 Å². The molecule has 7 heteroatoms. The van der Waals surface area contributed by atoms with Gasteiger partial charge < -0.3 is 0 Å². The van der Waals surface area contributed by atoms with Crippen LogP contribution in [0.5, 0.6) is 0 Å². The fourth-order valence-electron chi connectivity index (χ4n) is 3.20. The average Bonchev–Trinajstić information content (AvgIpc) is 3.06.